The molecule has 0 spiro atoms. The number of fused-ring (bicyclic) bond motifs is 1. The second-order valence-electron chi connectivity index (χ2n) is 8.17. The predicted molar refractivity (Wildman–Crippen MR) is 132 cm³/mol. The second-order valence-corrected chi connectivity index (χ2v) is 8.17. The largest absolute Gasteiger partial charge is 0.497 e. The number of benzene rings is 3. The molecule has 1 N–H and O–H groups in total. The summed E-state index contributed by atoms with van der Waals surface area (Å²) in [5.74, 6) is -0.367. The Balaban J connectivity index is 1.66. The summed E-state index contributed by atoms with van der Waals surface area (Å²) in [5, 5.41) is 2.99. The molecule has 174 valence electrons. The van der Waals surface area contributed by atoms with E-state index < -0.39 is 11.8 Å². The van der Waals surface area contributed by atoms with Gasteiger partial charge in [-0.1, -0.05) is 36.4 Å². The Morgan fingerprint density at radius 1 is 0.914 bits per heavy atom. The smallest absolute Gasteiger partial charge is 0.266 e. The first-order valence-corrected chi connectivity index (χ1v) is 11.0. The molecule has 7 nitrogen and oxygen atoms in total. The van der Waals surface area contributed by atoms with E-state index in [-0.39, 0.29) is 11.5 Å². The number of ether oxygens (including phenoxy) is 2. The van der Waals surface area contributed by atoms with Crippen LogP contribution in [0.2, 0.25) is 0 Å². The maximum absolute atomic E-state index is 13.6. The molecule has 1 aromatic heterocycles. The zero-order chi connectivity index (χ0) is 24.5. The van der Waals surface area contributed by atoms with Crippen molar-refractivity contribution < 1.29 is 23.9 Å². The van der Waals surface area contributed by atoms with Crippen LogP contribution >= 0.6 is 0 Å². The van der Waals surface area contributed by atoms with Crippen molar-refractivity contribution in [3.8, 4) is 11.5 Å². The molecule has 5 rings (SSSR count). The van der Waals surface area contributed by atoms with Crippen molar-refractivity contribution in [2.75, 3.05) is 14.2 Å². The summed E-state index contributed by atoms with van der Waals surface area (Å²) in [5.41, 5.74) is 3.85. The highest BCUT2D eigenvalue weighted by atomic mass is 16.5. The van der Waals surface area contributed by atoms with Gasteiger partial charge in [-0.2, -0.15) is 0 Å². The van der Waals surface area contributed by atoms with E-state index in [9.17, 15) is 14.4 Å². The summed E-state index contributed by atoms with van der Waals surface area (Å²) in [4.78, 5) is 38.0. The lowest BCUT2D eigenvalue weighted by Gasteiger charge is -2.11. The van der Waals surface area contributed by atoms with Gasteiger partial charge in [-0.3, -0.25) is 24.3 Å². The van der Waals surface area contributed by atoms with E-state index in [0.29, 0.717) is 39.9 Å². The van der Waals surface area contributed by atoms with Crippen molar-refractivity contribution in [1.82, 2.24) is 9.88 Å². The van der Waals surface area contributed by atoms with Gasteiger partial charge in [-0.15, -0.1) is 0 Å². The van der Waals surface area contributed by atoms with Crippen molar-refractivity contribution in [1.29, 1.82) is 0 Å². The maximum atomic E-state index is 13.6. The summed E-state index contributed by atoms with van der Waals surface area (Å²) in [6, 6.07) is 20.8. The lowest BCUT2D eigenvalue weighted by Crippen LogP contribution is -2.21. The quantitative estimate of drug-likeness (QED) is 0.435. The van der Waals surface area contributed by atoms with E-state index in [2.05, 4.69) is 5.32 Å². The normalized spacial score (nSPS) is 13.0. The first-order chi connectivity index (χ1) is 17.0. The number of aromatic nitrogens is 1. The van der Waals surface area contributed by atoms with Crippen LogP contribution in [0.5, 0.6) is 11.5 Å². The Kier molecular flexibility index (Phi) is 5.66. The van der Waals surface area contributed by atoms with E-state index in [1.165, 1.54) is 24.9 Å². The van der Waals surface area contributed by atoms with Gasteiger partial charge in [0.05, 0.1) is 30.9 Å². The van der Waals surface area contributed by atoms with Crippen molar-refractivity contribution in [3.63, 3.8) is 0 Å². The number of hydrogen-bond donors (Lipinski definition) is 1. The minimum Gasteiger partial charge on any atom is -0.497 e. The van der Waals surface area contributed by atoms with Crippen LogP contribution < -0.4 is 14.8 Å². The number of imide groups is 1. The number of rotatable bonds is 6. The Morgan fingerprint density at radius 2 is 1.71 bits per heavy atom. The van der Waals surface area contributed by atoms with Gasteiger partial charge < -0.3 is 9.47 Å². The Labute approximate surface area is 201 Å². The van der Waals surface area contributed by atoms with Crippen LogP contribution in [0.4, 0.5) is 0 Å². The standard InChI is InChI=1S/C28H22N2O5/c1-34-19-9-10-20(25(14-19)35-2)28(33)30-16-23(22-15-26(31)29-27(22)32)21-13-18(8-11-24(21)30)12-17-6-4-3-5-7-17/h3-11,13-16H,12H2,1-2H3,(H,29,31,32). The molecule has 1 aliphatic rings. The molecule has 35 heavy (non-hydrogen) atoms. The van der Waals surface area contributed by atoms with Crippen molar-refractivity contribution in [3.05, 3.63) is 101 Å². The number of carbonyl (C=O) groups excluding carboxylic acids is 3. The lowest BCUT2D eigenvalue weighted by molar-refractivity contribution is -0.123. The van der Waals surface area contributed by atoms with Crippen molar-refractivity contribution in [2.45, 2.75) is 6.42 Å². The van der Waals surface area contributed by atoms with Crippen LogP contribution in [-0.2, 0) is 16.0 Å². The second kappa shape index (κ2) is 8.95. The monoisotopic (exact) mass is 466 g/mol. The summed E-state index contributed by atoms with van der Waals surface area (Å²) in [7, 11) is 3.02. The van der Waals surface area contributed by atoms with Gasteiger partial charge in [-0.25, -0.2) is 0 Å². The molecule has 0 radical (unpaired) electrons. The molecule has 7 heteroatoms. The molecule has 0 unspecified atom stereocenters. The highest BCUT2D eigenvalue weighted by Gasteiger charge is 2.27. The summed E-state index contributed by atoms with van der Waals surface area (Å²) in [6.07, 6.45) is 3.56. The SMILES string of the molecule is COc1ccc(C(=O)n2cc(C3=CC(=O)NC3=O)c3cc(Cc4ccccc4)ccc32)c(OC)c1. The average molecular weight is 466 g/mol. The minimum absolute atomic E-state index is 0.227. The highest BCUT2D eigenvalue weighted by molar-refractivity contribution is 6.35. The molecule has 1 aliphatic heterocycles. The van der Waals surface area contributed by atoms with E-state index in [1.54, 1.807) is 24.4 Å². The summed E-state index contributed by atoms with van der Waals surface area (Å²) in [6.45, 7) is 0. The summed E-state index contributed by atoms with van der Waals surface area (Å²) < 4.78 is 12.2. The van der Waals surface area contributed by atoms with Gasteiger partial charge >= 0.3 is 0 Å². The van der Waals surface area contributed by atoms with Gasteiger partial charge in [0.15, 0.2) is 0 Å². The molecule has 2 amide bonds. The van der Waals surface area contributed by atoms with E-state index in [1.807, 2.05) is 48.5 Å². The zero-order valence-electron chi connectivity index (χ0n) is 19.2. The Hall–Kier alpha value is -4.65. The molecule has 0 fully saturated rings. The number of nitrogens with one attached hydrogen (secondary N) is 1. The fourth-order valence-electron chi connectivity index (χ4n) is 4.32. The number of carbonyl (C=O) groups is 3. The first kappa shape index (κ1) is 22.2. The topological polar surface area (TPSA) is 86.6 Å². The van der Waals surface area contributed by atoms with Gasteiger partial charge in [-0.05, 0) is 41.8 Å². The molecule has 2 heterocycles. The third-order valence-electron chi connectivity index (χ3n) is 6.02. The fourth-order valence-corrected chi connectivity index (χ4v) is 4.32. The molecule has 4 aromatic rings. The van der Waals surface area contributed by atoms with Gasteiger partial charge in [0, 0.05) is 29.3 Å². The molecule has 0 saturated carbocycles. The summed E-state index contributed by atoms with van der Waals surface area (Å²) >= 11 is 0. The Morgan fingerprint density at radius 3 is 2.40 bits per heavy atom. The van der Waals surface area contributed by atoms with Gasteiger partial charge in [0.25, 0.3) is 17.7 Å². The van der Waals surface area contributed by atoms with Crippen molar-refractivity contribution >= 4 is 34.2 Å². The molecular formula is C28H22N2O5. The third kappa shape index (κ3) is 4.08. The van der Waals surface area contributed by atoms with Crippen LogP contribution in [0.25, 0.3) is 16.5 Å². The van der Waals surface area contributed by atoms with Crippen LogP contribution in [0.3, 0.4) is 0 Å². The predicted octanol–water partition coefficient (Wildman–Crippen LogP) is 3.98. The van der Waals surface area contributed by atoms with Crippen LogP contribution in [0.1, 0.15) is 27.0 Å². The molecular weight excluding hydrogens is 444 g/mol. The number of amides is 2. The minimum atomic E-state index is -0.489. The maximum Gasteiger partial charge on any atom is 0.266 e. The number of methoxy groups -OCH3 is 2. The lowest BCUT2D eigenvalue weighted by atomic mass is 10.00. The molecule has 3 aromatic carbocycles. The van der Waals surface area contributed by atoms with Gasteiger partial charge in [0.1, 0.15) is 11.5 Å². The van der Waals surface area contributed by atoms with Crippen LogP contribution in [0, 0.1) is 0 Å². The number of hydrogen-bond acceptors (Lipinski definition) is 5. The molecule has 0 aliphatic carbocycles. The molecule has 0 saturated heterocycles. The highest BCUT2D eigenvalue weighted by Crippen LogP contribution is 2.33. The zero-order valence-corrected chi connectivity index (χ0v) is 19.2. The van der Waals surface area contributed by atoms with Crippen molar-refractivity contribution in [2.24, 2.45) is 0 Å². The fraction of sp³-hybridized carbons (Fsp3) is 0.107. The van der Waals surface area contributed by atoms with Gasteiger partial charge in [0.2, 0.25) is 0 Å². The molecule has 0 atom stereocenters. The van der Waals surface area contributed by atoms with Crippen LogP contribution in [-0.4, -0.2) is 36.5 Å². The molecule has 0 bridgehead atoms. The van der Waals surface area contributed by atoms with Crippen LogP contribution in [0.15, 0.2) is 79.0 Å². The third-order valence-corrected chi connectivity index (χ3v) is 6.02. The number of nitrogens with zero attached hydrogens (tertiary/aromatic N) is 1. The van der Waals surface area contributed by atoms with E-state index in [0.717, 1.165) is 11.1 Å². The Bertz CT molecular complexity index is 1520. The first-order valence-electron chi connectivity index (χ1n) is 11.0. The van der Waals surface area contributed by atoms with E-state index in [4.69, 9.17) is 9.47 Å². The van der Waals surface area contributed by atoms with E-state index >= 15 is 0 Å². The average Bonchev–Trinajstić information content (AvgIpc) is 3.42.